The molecule has 1 amide bonds. The normalized spacial score (nSPS) is 28.3. The van der Waals surface area contributed by atoms with Gasteiger partial charge in [0.15, 0.2) is 0 Å². The van der Waals surface area contributed by atoms with Crippen LogP contribution in [0.5, 0.6) is 5.75 Å². The zero-order valence-electron chi connectivity index (χ0n) is 12.2. The fourth-order valence-corrected chi connectivity index (χ4v) is 2.75. The van der Waals surface area contributed by atoms with Crippen LogP contribution in [0.1, 0.15) is 31.1 Å². The van der Waals surface area contributed by atoms with E-state index in [1.54, 1.807) is 0 Å². The van der Waals surface area contributed by atoms with Gasteiger partial charge < -0.3 is 20.3 Å². The first kappa shape index (κ1) is 15.3. The van der Waals surface area contributed by atoms with Crippen molar-refractivity contribution in [2.75, 3.05) is 5.32 Å². The maximum Gasteiger partial charge on any atom is 0.337 e. The largest absolute Gasteiger partial charge is 0.508 e. The van der Waals surface area contributed by atoms with Gasteiger partial charge in [0.05, 0.1) is 29.4 Å². The fraction of sp³-hybridized carbons (Fsp3) is 0.467. The number of rotatable bonds is 3. The van der Waals surface area contributed by atoms with Gasteiger partial charge in [-0.2, -0.15) is 0 Å². The summed E-state index contributed by atoms with van der Waals surface area (Å²) in [5, 5.41) is 21.1. The molecule has 1 aliphatic rings. The van der Waals surface area contributed by atoms with Crippen LogP contribution in [0.4, 0.5) is 5.69 Å². The Balaban J connectivity index is 2.22. The molecule has 2 rings (SSSR count). The molecule has 3 N–H and O–H groups in total. The molecule has 6 nitrogen and oxygen atoms in total. The minimum atomic E-state index is -1.21. The molecule has 0 radical (unpaired) electrons. The number of hydrogen-bond acceptors (Lipinski definition) is 4. The van der Waals surface area contributed by atoms with Crippen molar-refractivity contribution in [2.45, 2.75) is 33.0 Å². The summed E-state index contributed by atoms with van der Waals surface area (Å²) >= 11 is 0. The second kappa shape index (κ2) is 5.73. The van der Waals surface area contributed by atoms with Gasteiger partial charge in [0.2, 0.25) is 5.91 Å². The van der Waals surface area contributed by atoms with Gasteiger partial charge >= 0.3 is 5.97 Å². The number of carboxylic acids is 1. The third kappa shape index (κ3) is 3.00. The number of carboxylic acid groups (broad SMARTS) is 1. The molecule has 1 saturated heterocycles. The first-order valence-electron chi connectivity index (χ1n) is 6.84. The van der Waals surface area contributed by atoms with Gasteiger partial charge in [-0.05, 0) is 38.0 Å². The molecular formula is C15H19NO5. The lowest BCUT2D eigenvalue weighted by Gasteiger charge is -2.18. The van der Waals surface area contributed by atoms with Gasteiger partial charge in [-0.3, -0.25) is 4.79 Å². The third-order valence-electron chi connectivity index (χ3n) is 4.04. The van der Waals surface area contributed by atoms with E-state index in [1.165, 1.54) is 12.1 Å². The molecule has 1 fully saturated rings. The van der Waals surface area contributed by atoms with Gasteiger partial charge in [0.1, 0.15) is 5.75 Å². The number of carbonyl (C=O) groups is 2. The van der Waals surface area contributed by atoms with Crippen molar-refractivity contribution < 1.29 is 24.5 Å². The maximum atomic E-state index is 12.4. The Hall–Kier alpha value is -2.08. The van der Waals surface area contributed by atoms with E-state index in [1.807, 2.05) is 20.8 Å². The number of phenolic OH excluding ortho intramolecular Hbond substituents is 1. The van der Waals surface area contributed by atoms with E-state index in [-0.39, 0.29) is 47.0 Å². The van der Waals surface area contributed by atoms with E-state index in [0.29, 0.717) is 0 Å². The van der Waals surface area contributed by atoms with E-state index in [2.05, 4.69) is 5.32 Å². The molecule has 0 aliphatic carbocycles. The van der Waals surface area contributed by atoms with E-state index in [0.717, 1.165) is 6.07 Å². The number of benzene rings is 1. The summed E-state index contributed by atoms with van der Waals surface area (Å²) in [6, 6.07) is 3.83. The summed E-state index contributed by atoms with van der Waals surface area (Å²) in [5.41, 5.74) is 0.0277. The molecule has 1 aromatic carbocycles. The number of aromatic carboxylic acids is 1. The SMILES string of the molecule is CC1OC(C)C(C(=O)Nc2ccc(O)cc2C(=O)O)C1C. The highest BCUT2D eigenvalue weighted by Crippen LogP contribution is 2.33. The zero-order chi connectivity index (χ0) is 15.7. The molecular weight excluding hydrogens is 274 g/mol. The summed E-state index contributed by atoms with van der Waals surface area (Å²) < 4.78 is 5.62. The number of ether oxygens (including phenoxy) is 1. The molecule has 0 bridgehead atoms. The maximum absolute atomic E-state index is 12.4. The number of hydrogen-bond donors (Lipinski definition) is 3. The smallest absolute Gasteiger partial charge is 0.337 e. The first-order valence-corrected chi connectivity index (χ1v) is 6.84. The second-order valence-corrected chi connectivity index (χ2v) is 5.46. The highest BCUT2D eigenvalue weighted by Gasteiger charge is 2.41. The van der Waals surface area contributed by atoms with Gasteiger partial charge in [-0.15, -0.1) is 0 Å². The molecule has 1 aromatic rings. The fourth-order valence-electron chi connectivity index (χ4n) is 2.75. The van der Waals surface area contributed by atoms with Gasteiger partial charge in [0, 0.05) is 0 Å². The minimum absolute atomic E-state index is 0.0190. The quantitative estimate of drug-likeness (QED) is 0.742. The zero-order valence-corrected chi connectivity index (χ0v) is 12.2. The van der Waals surface area contributed by atoms with Crippen molar-refractivity contribution in [3.05, 3.63) is 23.8 Å². The summed E-state index contributed by atoms with van der Waals surface area (Å²) in [5.74, 6) is -1.93. The number of amides is 1. The van der Waals surface area contributed by atoms with Crippen molar-refractivity contribution >= 4 is 17.6 Å². The van der Waals surface area contributed by atoms with Crippen LogP contribution >= 0.6 is 0 Å². The van der Waals surface area contributed by atoms with Crippen molar-refractivity contribution in [1.82, 2.24) is 0 Å². The van der Waals surface area contributed by atoms with Crippen molar-refractivity contribution in [3.8, 4) is 5.75 Å². The minimum Gasteiger partial charge on any atom is -0.508 e. The van der Waals surface area contributed by atoms with Crippen molar-refractivity contribution in [1.29, 1.82) is 0 Å². The highest BCUT2D eigenvalue weighted by atomic mass is 16.5. The third-order valence-corrected chi connectivity index (χ3v) is 4.04. The lowest BCUT2D eigenvalue weighted by atomic mass is 9.88. The molecule has 21 heavy (non-hydrogen) atoms. The standard InChI is InChI=1S/C15H19NO5/c1-7-8(2)21-9(3)13(7)14(18)16-12-5-4-10(17)6-11(12)15(19)20/h4-9,13,17H,1-3H3,(H,16,18)(H,19,20). The van der Waals surface area contributed by atoms with E-state index in [4.69, 9.17) is 9.84 Å². The Kier molecular flexibility index (Phi) is 4.18. The average molecular weight is 293 g/mol. The predicted octanol–water partition coefficient (Wildman–Crippen LogP) is 2.09. The van der Waals surface area contributed by atoms with Crippen LogP contribution < -0.4 is 5.32 Å². The number of aromatic hydroxyl groups is 1. The van der Waals surface area contributed by atoms with Crippen LogP contribution in [0.25, 0.3) is 0 Å². The van der Waals surface area contributed by atoms with Crippen molar-refractivity contribution in [3.63, 3.8) is 0 Å². The first-order chi connectivity index (χ1) is 9.81. The average Bonchev–Trinajstić information content (AvgIpc) is 2.65. The molecule has 0 saturated carbocycles. The summed E-state index contributed by atoms with van der Waals surface area (Å²) in [6.45, 7) is 5.68. The Morgan fingerprint density at radius 2 is 1.86 bits per heavy atom. The molecule has 6 heteroatoms. The van der Waals surface area contributed by atoms with Crippen LogP contribution in [0.2, 0.25) is 0 Å². The number of nitrogens with one attached hydrogen (secondary N) is 1. The van der Waals surface area contributed by atoms with Crippen LogP contribution in [0.3, 0.4) is 0 Å². The molecule has 0 spiro atoms. The molecule has 1 heterocycles. The van der Waals surface area contributed by atoms with Crippen LogP contribution in [-0.2, 0) is 9.53 Å². The van der Waals surface area contributed by atoms with E-state index >= 15 is 0 Å². The highest BCUT2D eigenvalue weighted by molar-refractivity contribution is 6.01. The lowest BCUT2D eigenvalue weighted by Crippen LogP contribution is -2.32. The Bertz CT molecular complexity index is 571. The monoisotopic (exact) mass is 293 g/mol. The van der Waals surface area contributed by atoms with Crippen molar-refractivity contribution in [2.24, 2.45) is 11.8 Å². The second-order valence-electron chi connectivity index (χ2n) is 5.46. The van der Waals surface area contributed by atoms with Crippen LogP contribution in [0, 0.1) is 11.8 Å². The lowest BCUT2D eigenvalue weighted by molar-refractivity contribution is -0.121. The predicted molar refractivity (Wildman–Crippen MR) is 76.4 cm³/mol. The molecule has 4 unspecified atom stereocenters. The topological polar surface area (TPSA) is 95.9 Å². The van der Waals surface area contributed by atoms with Crippen LogP contribution in [0.15, 0.2) is 18.2 Å². The molecule has 4 atom stereocenters. The Morgan fingerprint density at radius 3 is 2.38 bits per heavy atom. The summed E-state index contributed by atoms with van der Waals surface area (Å²) in [7, 11) is 0. The van der Waals surface area contributed by atoms with Gasteiger partial charge in [-0.1, -0.05) is 6.92 Å². The number of phenols is 1. The number of carbonyl (C=O) groups excluding carboxylic acids is 1. The summed E-state index contributed by atoms with van der Waals surface area (Å²) in [6.07, 6.45) is -0.241. The molecule has 1 aliphatic heterocycles. The van der Waals surface area contributed by atoms with Gasteiger partial charge in [0.25, 0.3) is 0 Å². The Morgan fingerprint density at radius 1 is 1.19 bits per heavy atom. The van der Waals surface area contributed by atoms with Gasteiger partial charge in [-0.25, -0.2) is 4.79 Å². The van der Waals surface area contributed by atoms with E-state index < -0.39 is 5.97 Å². The molecule has 114 valence electrons. The van der Waals surface area contributed by atoms with E-state index in [9.17, 15) is 14.7 Å². The Labute approximate surface area is 122 Å². The molecule has 0 aromatic heterocycles. The van der Waals surface area contributed by atoms with Crippen LogP contribution in [-0.4, -0.2) is 34.3 Å². The summed E-state index contributed by atoms with van der Waals surface area (Å²) in [4.78, 5) is 23.6. The number of anilines is 1.